The minimum absolute atomic E-state index is 0.132. The molecule has 7 heteroatoms. The van der Waals surface area contributed by atoms with Crippen molar-refractivity contribution >= 4 is 16.9 Å². The van der Waals surface area contributed by atoms with Gasteiger partial charge in [-0.3, -0.25) is 4.79 Å². The fourth-order valence-corrected chi connectivity index (χ4v) is 4.13. The molecule has 0 aliphatic carbocycles. The third-order valence-corrected chi connectivity index (χ3v) is 6.00. The van der Waals surface area contributed by atoms with Gasteiger partial charge in [0.1, 0.15) is 11.6 Å². The lowest BCUT2D eigenvalue weighted by atomic mass is 10.1. The van der Waals surface area contributed by atoms with Gasteiger partial charge in [-0.1, -0.05) is 30.7 Å². The van der Waals surface area contributed by atoms with Crippen LogP contribution in [-0.4, -0.2) is 36.2 Å². The number of nitrogens with zero attached hydrogens (tertiary/aromatic N) is 2. The van der Waals surface area contributed by atoms with E-state index in [4.69, 9.17) is 14.5 Å². The van der Waals surface area contributed by atoms with E-state index in [2.05, 4.69) is 16.0 Å². The summed E-state index contributed by atoms with van der Waals surface area (Å²) in [5, 5.41) is 2.97. The van der Waals surface area contributed by atoms with Crippen LogP contribution in [0.25, 0.3) is 11.0 Å². The zero-order chi connectivity index (χ0) is 24.6. The number of nitrogens with one attached hydrogen (secondary N) is 1. The number of carbonyl (C=O) groups excluding carboxylic acids is 1. The highest BCUT2D eigenvalue weighted by atomic mass is 19.1. The van der Waals surface area contributed by atoms with Gasteiger partial charge < -0.3 is 19.4 Å². The zero-order valence-electron chi connectivity index (χ0n) is 20.1. The summed E-state index contributed by atoms with van der Waals surface area (Å²) in [7, 11) is 3.11. The number of amides is 1. The largest absolute Gasteiger partial charge is 0.493 e. The van der Waals surface area contributed by atoms with Gasteiger partial charge in [-0.05, 0) is 60.9 Å². The molecule has 0 unspecified atom stereocenters. The van der Waals surface area contributed by atoms with Gasteiger partial charge in [-0.2, -0.15) is 0 Å². The highest BCUT2D eigenvalue weighted by molar-refractivity contribution is 5.94. The van der Waals surface area contributed by atoms with Gasteiger partial charge in [0.25, 0.3) is 5.91 Å². The minimum Gasteiger partial charge on any atom is -0.493 e. The Balaban J connectivity index is 1.30. The van der Waals surface area contributed by atoms with Crippen LogP contribution in [0, 0.1) is 5.82 Å². The molecule has 182 valence electrons. The Bertz CT molecular complexity index is 1280. The van der Waals surface area contributed by atoms with E-state index in [0.29, 0.717) is 30.2 Å². The van der Waals surface area contributed by atoms with Gasteiger partial charge in [-0.15, -0.1) is 0 Å². The maximum atomic E-state index is 13.3. The smallest absolute Gasteiger partial charge is 0.251 e. The van der Waals surface area contributed by atoms with E-state index in [1.54, 1.807) is 32.4 Å². The number of unbranched alkanes of at least 4 members (excludes halogenated alkanes) is 2. The standard InChI is InChI=1S/C28H30FN3O3/c1-34-25-16-13-21(18-26(25)35-2)28(33)30-17-7-3-4-10-27-31-23-8-5-6-9-24(23)32(27)19-20-11-14-22(29)15-12-20/h5-6,8-9,11-16,18H,3-4,7,10,17,19H2,1-2H3,(H,30,33). The molecule has 1 heterocycles. The topological polar surface area (TPSA) is 65.4 Å². The molecule has 0 saturated carbocycles. The number of rotatable bonds is 11. The van der Waals surface area contributed by atoms with Gasteiger partial charge >= 0.3 is 0 Å². The van der Waals surface area contributed by atoms with Crippen LogP contribution in [0.4, 0.5) is 4.39 Å². The van der Waals surface area contributed by atoms with Gasteiger partial charge in [0.05, 0.1) is 25.3 Å². The first kappa shape index (κ1) is 24.3. The molecular weight excluding hydrogens is 445 g/mol. The Kier molecular flexibility index (Phi) is 7.98. The molecule has 0 radical (unpaired) electrons. The van der Waals surface area contributed by atoms with Crippen LogP contribution >= 0.6 is 0 Å². The number of hydrogen-bond acceptors (Lipinski definition) is 4. The molecule has 3 aromatic carbocycles. The molecule has 0 aliphatic heterocycles. The van der Waals surface area contributed by atoms with Crippen molar-refractivity contribution in [3.8, 4) is 11.5 Å². The van der Waals surface area contributed by atoms with Crippen LogP contribution in [0.1, 0.15) is 41.0 Å². The molecule has 0 bridgehead atoms. The Morgan fingerprint density at radius 2 is 1.71 bits per heavy atom. The number of para-hydroxylation sites is 2. The monoisotopic (exact) mass is 475 g/mol. The van der Waals surface area contributed by atoms with Crippen LogP contribution in [-0.2, 0) is 13.0 Å². The number of ether oxygens (including phenoxy) is 2. The predicted octanol–water partition coefficient (Wildman–Crippen LogP) is 5.38. The van der Waals surface area contributed by atoms with Crippen molar-refractivity contribution in [1.82, 2.24) is 14.9 Å². The SMILES string of the molecule is COc1ccc(C(=O)NCCCCCc2nc3ccccc3n2Cc2ccc(F)cc2)cc1OC. The maximum Gasteiger partial charge on any atom is 0.251 e. The van der Waals surface area contributed by atoms with Crippen LogP contribution in [0.2, 0.25) is 0 Å². The van der Waals surface area contributed by atoms with E-state index in [1.165, 1.54) is 12.1 Å². The van der Waals surface area contributed by atoms with Crippen molar-refractivity contribution in [3.05, 3.63) is 89.5 Å². The van der Waals surface area contributed by atoms with Crippen LogP contribution in [0.3, 0.4) is 0 Å². The van der Waals surface area contributed by atoms with E-state index >= 15 is 0 Å². The summed E-state index contributed by atoms with van der Waals surface area (Å²) in [6.45, 7) is 1.25. The maximum absolute atomic E-state index is 13.3. The summed E-state index contributed by atoms with van der Waals surface area (Å²) < 4.78 is 26.0. The molecule has 1 aromatic heterocycles. The van der Waals surface area contributed by atoms with E-state index in [1.807, 2.05) is 30.3 Å². The average Bonchev–Trinajstić information content (AvgIpc) is 3.23. The lowest BCUT2D eigenvalue weighted by molar-refractivity contribution is 0.0952. The second kappa shape index (κ2) is 11.5. The summed E-state index contributed by atoms with van der Waals surface area (Å²) in [5.74, 6) is 1.78. The summed E-state index contributed by atoms with van der Waals surface area (Å²) >= 11 is 0. The van der Waals surface area contributed by atoms with E-state index in [9.17, 15) is 9.18 Å². The Hall–Kier alpha value is -3.87. The molecule has 0 atom stereocenters. The van der Waals surface area contributed by atoms with Crippen molar-refractivity contribution in [2.24, 2.45) is 0 Å². The summed E-state index contributed by atoms with van der Waals surface area (Å²) in [4.78, 5) is 17.3. The second-order valence-electron chi connectivity index (χ2n) is 8.37. The molecule has 1 amide bonds. The zero-order valence-corrected chi connectivity index (χ0v) is 20.1. The van der Waals surface area contributed by atoms with Crippen LogP contribution in [0.5, 0.6) is 11.5 Å². The van der Waals surface area contributed by atoms with E-state index in [0.717, 1.165) is 48.1 Å². The lowest BCUT2D eigenvalue weighted by Crippen LogP contribution is -2.24. The number of aromatic nitrogens is 2. The number of methoxy groups -OCH3 is 2. The van der Waals surface area contributed by atoms with Crippen molar-refractivity contribution < 1.29 is 18.7 Å². The molecule has 1 N–H and O–H groups in total. The third-order valence-electron chi connectivity index (χ3n) is 6.00. The quantitative estimate of drug-likeness (QED) is 0.296. The Labute approximate surface area is 204 Å². The highest BCUT2D eigenvalue weighted by Crippen LogP contribution is 2.27. The molecule has 0 saturated heterocycles. The number of imidazole rings is 1. The lowest BCUT2D eigenvalue weighted by Gasteiger charge is -2.11. The van der Waals surface area contributed by atoms with Gasteiger partial charge in [0.2, 0.25) is 0 Å². The first-order chi connectivity index (χ1) is 17.1. The number of hydrogen-bond donors (Lipinski definition) is 1. The molecule has 6 nitrogen and oxygen atoms in total. The number of fused-ring (bicyclic) bond motifs is 1. The van der Waals surface area contributed by atoms with Gasteiger partial charge in [0.15, 0.2) is 11.5 Å². The van der Waals surface area contributed by atoms with E-state index < -0.39 is 0 Å². The average molecular weight is 476 g/mol. The molecule has 0 aliphatic rings. The number of halogens is 1. The number of carbonyl (C=O) groups is 1. The highest BCUT2D eigenvalue weighted by Gasteiger charge is 2.12. The number of aryl methyl sites for hydroxylation is 1. The van der Waals surface area contributed by atoms with Gasteiger partial charge in [0, 0.05) is 25.1 Å². The summed E-state index contributed by atoms with van der Waals surface area (Å²) in [6, 6.07) is 19.8. The fraction of sp³-hybridized carbons (Fsp3) is 0.286. The van der Waals surface area contributed by atoms with Gasteiger partial charge in [-0.25, -0.2) is 9.37 Å². The van der Waals surface area contributed by atoms with Crippen molar-refractivity contribution in [2.75, 3.05) is 20.8 Å². The second-order valence-corrected chi connectivity index (χ2v) is 8.37. The first-order valence-corrected chi connectivity index (χ1v) is 11.8. The van der Waals surface area contributed by atoms with Crippen LogP contribution in [0.15, 0.2) is 66.7 Å². The summed E-state index contributed by atoms with van der Waals surface area (Å²) in [6.07, 6.45) is 3.63. The fourth-order valence-electron chi connectivity index (χ4n) is 4.13. The molecule has 4 rings (SSSR count). The molecular formula is C28H30FN3O3. The van der Waals surface area contributed by atoms with Crippen molar-refractivity contribution in [3.63, 3.8) is 0 Å². The first-order valence-electron chi connectivity index (χ1n) is 11.8. The third kappa shape index (κ3) is 5.98. The summed E-state index contributed by atoms with van der Waals surface area (Å²) in [5.41, 5.74) is 3.62. The predicted molar refractivity (Wildman–Crippen MR) is 135 cm³/mol. The molecule has 0 fully saturated rings. The van der Waals surface area contributed by atoms with Crippen molar-refractivity contribution in [1.29, 1.82) is 0 Å². The van der Waals surface area contributed by atoms with Crippen LogP contribution < -0.4 is 14.8 Å². The Morgan fingerprint density at radius 3 is 2.49 bits per heavy atom. The van der Waals surface area contributed by atoms with E-state index in [-0.39, 0.29) is 11.7 Å². The Morgan fingerprint density at radius 1 is 0.943 bits per heavy atom. The normalized spacial score (nSPS) is 10.9. The number of benzene rings is 3. The minimum atomic E-state index is -0.234. The molecule has 35 heavy (non-hydrogen) atoms. The van der Waals surface area contributed by atoms with Crippen molar-refractivity contribution in [2.45, 2.75) is 32.2 Å². The molecule has 4 aromatic rings. The molecule has 0 spiro atoms.